The SMILES string of the molecule is O=S(=O)(O)OSCCO. The zero-order valence-corrected chi connectivity index (χ0v) is 5.98. The van der Waals surface area contributed by atoms with E-state index in [1.807, 2.05) is 0 Å². The molecule has 0 heterocycles. The van der Waals surface area contributed by atoms with Crippen molar-refractivity contribution < 1.29 is 21.7 Å². The van der Waals surface area contributed by atoms with Gasteiger partial charge in [-0.25, -0.2) is 0 Å². The first-order chi connectivity index (χ1) is 4.06. The summed E-state index contributed by atoms with van der Waals surface area (Å²) in [5.74, 6) is 0.111. The van der Waals surface area contributed by atoms with Crippen molar-refractivity contribution in [2.45, 2.75) is 0 Å². The fourth-order valence-corrected chi connectivity index (χ4v) is 0.965. The van der Waals surface area contributed by atoms with Crippen LogP contribution in [0.2, 0.25) is 0 Å². The lowest BCUT2D eigenvalue weighted by Crippen LogP contribution is -1.98. The maximum atomic E-state index is 9.74. The molecule has 0 aliphatic carbocycles. The summed E-state index contributed by atoms with van der Waals surface area (Å²) in [6.45, 7) is -0.194. The summed E-state index contributed by atoms with van der Waals surface area (Å²) in [4.78, 5) is 0. The molecule has 0 aliphatic rings. The second-order valence-electron chi connectivity index (χ2n) is 1.04. The molecule has 9 heavy (non-hydrogen) atoms. The number of hydrogen-bond acceptors (Lipinski definition) is 5. The van der Waals surface area contributed by atoms with Gasteiger partial charge in [0.05, 0.1) is 6.61 Å². The highest BCUT2D eigenvalue weighted by Crippen LogP contribution is 2.04. The van der Waals surface area contributed by atoms with Gasteiger partial charge in [-0.1, -0.05) is 0 Å². The van der Waals surface area contributed by atoms with E-state index in [0.29, 0.717) is 12.0 Å². The summed E-state index contributed by atoms with van der Waals surface area (Å²) >= 11 is 0.472. The molecule has 7 heteroatoms. The molecule has 0 bridgehead atoms. The highest BCUT2D eigenvalue weighted by atomic mass is 32.3. The van der Waals surface area contributed by atoms with Gasteiger partial charge in [-0.15, -0.1) is 0 Å². The van der Waals surface area contributed by atoms with E-state index in [2.05, 4.69) is 3.63 Å². The molecule has 0 rings (SSSR count). The molecule has 0 spiro atoms. The van der Waals surface area contributed by atoms with Crippen LogP contribution in [0.15, 0.2) is 0 Å². The van der Waals surface area contributed by atoms with E-state index in [9.17, 15) is 8.42 Å². The zero-order chi connectivity index (χ0) is 7.33. The van der Waals surface area contributed by atoms with E-state index in [4.69, 9.17) is 9.66 Å². The smallest absolute Gasteiger partial charge is 0.395 e. The minimum atomic E-state index is -4.34. The lowest BCUT2D eigenvalue weighted by Gasteiger charge is -1.92. The Morgan fingerprint density at radius 1 is 1.56 bits per heavy atom. The average molecular weight is 174 g/mol. The van der Waals surface area contributed by atoms with E-state index in [1.54, 1.807) is 0 Å². The maximum Gasteiger partial charge on any atom is 0.408 e. The van der Waals surface area contributed by atoms with E-state index in [-0.39, 0.29) is 12.4 Å². The number of rotatable bonds is 4. The van der Waals surface area contributed by atoms with Gasteiger partial charge in [-0.2, -0.15) is 12.0 Å². The van der Waals surface area contributed by atoms with Crippen LogP contribution in [-0.2, 0) is 14.0 Å². The Morgan fingerprint density at radius 3 is 2.44 bits per heavy atom. The first-order valence-corrected chi connectivity index (χ1v) is 4.23. The van der Waals surface area contributed by atoms with Crippen molar-refractivity contribution in [2.24, 2.45) is 0 Å². The third kappa shape index (κ3) is 8.18. The predicted molar refractivity (Wildman–Crippen MR) is 32.2 cm³/mol. The van der Waals surface area contributed by atoms with E-state index in [1.165, 1.54) is 0 Å². The van der Waals surface area contributed by atoms with Gasteiger partial charge in [-0.05, 0) is 0 Å². The molecule has 0 amide bonds. The lowest BCUT2D eigenvalue weighted by molar-refractivity contribution is 0.320. The van der Waals surface area contributed by atoms with Crippen LogP contribution < -0.4 is 0 Å². The van der Waals surface area contributed by atoms with E-state index >= 15 is 0 Å². The molecule has 0 aromatic carbocycles. The molecule has 0 saturated heterocycles. The molecule has 0 atom stereocenters. The van der Waals surface area contributed by atoms with Gasteiger partial charge in [0.15, 0.2) is 0 Å². The van der Waals surface area contributed by atoms with Crippen LogP contribution in [0.3, 0.4) is 0 Å². The fraction of sp³-hybridized carbons (Fsp3) is 1.00. The molecular weight excluding hydrogens is 168 g/mol. The zero-order valence-electron chi connectivity index (χ0n) is 4.35. The average Bonchev–Trinajstić information content (AvgIpc) is 1.63. The Hall–Kier alpha value is 0.180. The van der Waals surface area contributed by atoms with Crippen molar-refractivity contribution in [1.82, 2.24) is 0 Å². The standard InChI is InChI=1S/C2H6O5S2/c3-1-2-8-7-9(4,5)6/h3H,1-2H2,(H,4,5,6). The molecular formula is C2H6O5S2. The van der Waals surface area contributed by atoms with Crippen LogP contribution in [0.25, 0.3) is 0 Å². The molecule has 0 unspecified atom stereocenters. The fourth-order valence-electron chi connectivity index (χ4n) is 0.132. The summed E-state index contributed by atoms with van der Waals surface area (Å²) in [5.41, 5.74) is 0. The topological polar surface area (TPSA) is 83.8 Å². The minimum Gasteiger partial charge on any atom is -0.395 e. The summed E-state index contributed by atoms with van der Waals surface area (Å²) in [7, 11) is -4.34. The van der Waals surface area contributed by atoms with Crippen LogP contribution in [0.4, 0.5) is 0 Å². The largest absolute Gasteiger partial charge is 0.408 e. The molecule has 0 saturated carbocycles. The highest BCUT2D eigenvalue weighted by molar-refractivity contribution is 8.02. The molecule has 0 aromatic heterocycles. The molecule has 0 fully saturated rings. The van der Waals surface area contributed by atoms with E-state index < -0.39 is 10.4 Å². The molecule has 0 aliphatic heterocycles. The molecule has 56 valence electrons. The van der Waals surface area contributed by atoms with E-state index in [0.717, 1.165) is 0 Å². The minimum absolute atomic E-state index is 0.111. The Kier molecular flexibility index (Phi) is 4.15. The molecule has 5 nitrogen and oxygen atoms in total. The second kappa shape index (κ2) is 4.07. The third-order valence-corrected chi connectivity index (χ3v) is 1.73. The second-order valence-corrected chi connectivity index (χ2v) is 3.09. The van der Waals surface area contributed by atoms with Gasteiger partial charge in [0, 0.05) is 17.8 Å². The number of aliphatic hydroxyl groups excluding tert-OH is 1. The van der Waals surface area contributed by atoms with Crippen molar-refractivity contribution in [2.75, 3.05) is 12.4 Å². The Labute approximate surface area is 57.2 Å². The first kappa shape index (κ1) is 9.18. The monoisotopic (exact) mass is 174 g/mol. The van der Waals surface area contributed by atoms with Crippen molar-refractivity contribution in [3.05, 3.63) is 0 Å². The third-order valence-electron chi connectivity index (χ3n) is 0.309. The Morgan fingerprint density at radius 2 is 2.11 bits per heavy atom. The lowest BCUT2D eigenvalue weighted by atomic mass is 10.9. The van der Waals surface area contributed by atoms with Gasteiger partial charge in [0.25, 0.3) is 0 Å². The first-order valence-electron chi connectivity index (χ1n) is 1.95. The molecule has 0 radical (unpaired) electrons. The summed E-state index contributed by atoms with van der Waals surface area (Å²) in [5, 5.41) is 8.09. The normalized spacial score (nSPS) is 11.8. The van der Waals surface area contributed by atoms with Gasteiger partial charge >= 0.3 is 10.4 Å². The Bertz CT molecular complexity index is 148. The number of aliphatic hydroxyl groups is 1. The van der Waals surface area contributed by atoms with Crippen molar-refractivity contribution in [3.8, 4) is 0 Å². The quantitative estimate of drug-likeness (QED) is 0.338. The maximum absolute atomic E-state index is 9.74. The molecule has 2 N–H and O–H groups in total. The van der Waals surface area contributed by atoms with Crippen LogP contribution in [0.1, 0.15) is 0 Å². The summed E-state index contributed by atoms with van der Waals surface area (Å²) in [6, 6.07) is 0. The summed E-state index contributed by atoms with van der Waals surface area (Å²) in [6.07, 6.45) is 0. The molecule has 0 aromatic rings. The Balaban J connectivity index is 3.30. The van der Waals surface area contributed by atoms with Crippen molar-refractivity contribution in [3.63, 3.8) is 0 Å². The van der Waals surface area contributed by atoms with Crippen LogP contribution in [-0.4, -0.2) is 30.4 Å². The van der Waals surface area contributed by atoms with Crippen LogP contribution in [0.5, 0.6) is 0 Å². The summed E-state index contributed by atoms with van der Waals surface area (Å²) < 4.78 is 31.1. The van der Waals surface area contributed by atoms with Crippen molar-refractivity contribution >= 4 is 22.4 Å². The van der Waals surface area contributed by atoms with Gasteiger partial charge in [-0.3, -0.25) is 4.55 Å². The van der Waals surface area contributed by atoms with Gasteiger partial charge < -0.3 is 5.11 Å². The highest BCUT2D eigenvalue weighted by Gasteiger charge is 2.02. The van der Waals surface area contributed by atoms with Gasteiger partial charge in [0.1, 0.15) is 0 Å². The van der Waals surface area contributed by atoms with Crippen LogP contribution in [0, 0.1) is 0 Å². The van der Waals surface area contributed by atoms with Crippen LogP contribution >= 0.6 is 12.0 Å². The predicted octanol–water partition coefficient (Wildman–Crippen LogP) is -0.554. The van der Waals surface area contributed by atoms with Crippen molar-refractivity contribution in [1.29, 1.82) is 0 Å². The number of hydrogen-bond donors (Lipinski definition) is 2. The van der Waals surface area contributed by atoms with Gasteiger partial charge in [0.2, 0.25) is 0 Å².